The molecular weight excluding hydrogens is 186 g/mol. The van der Waals surface area contributed by atoms with Crippen LogP contribution in [0.3, 0.4) is 0 Å². The van der Waals surface area contributed by atoms with Gasteiger partial charge in [0.05, 0.1) is 12.1 Å². The summed E-state index contributed by atoms with van der Waals surface area (Å²) in [5.41, 5.74) is 0. The van der Waals surface area contributed by atoms with Crippen LogP contribution in [0.1, 0.15) is 32.6 Å². The molecule has 0 spiro atoms. The van der Waals surface area contributed by atoms with Gasteiger partial charge in [-0.1, -0.05) is 6.92 Å². The van der Waals surface area contributed by atoms with E-state index < -0.39 is 0 Å². The lowest BCUT2D eigenvalue weighted by Gasteiger charge is -2.22. The van der Waals surface area contributed by atoms with Crippen molar-refractivity contribution in [3.8, 4) is 6.07 Å². The van der Waals surface area contributed by atoms with Crippen LogP contribution in [0.4, 0.5) is 0 Å². The van der Waals surface area contributed by atoms with Crippen molar-refractivity contribution < 1.29 is 0 Å². The van der Waals surface area contributed by atoms with Gasteiger partial charge < -0.3 is 10.2 Å². The maximum Gasteiger partial charge on any atom is 0.0962 e. The monoisotopic (exact) mass is 209 g/mol. The highest BCUT2D eigenvalue weighted by atomic mass is 15.1. The van der Waals surface area contributed by atoms with E-state index in [2.05, 4.69) is 23.2 Å². The first kappa shape index (κ1) is 12.5. The van der Waals surface area contributed by atoms with Gasteiger partial charge in [0.25, 0.3) is 0 Å². The molecule has 1 aliphatic carbocycles. The van der Waals surface area contributed by atoms with Gasteiger partial charge in [0.15, 0.2) is 0 Å². The quantitative estimate of drug-likeness (QED) is 0.660. The fourth-order valence-electron chi connectivity index (χ4n) is 1.86. The molecule has 3 heteroatoms. The Morgan fingerprint density at radius 1 is 1.47 bits per heavy atom. The average Bonchev–Trinajstić information content (AvgIpc) is 3.03. The van der Waals surface area contributed by atoms with Crippen LogP contribution < -0.4 is 5.32 Å². The van der Waals surface area contributed by atoms with E-state index in [0.29, 0.717) is 0 Å². The standard InChI is InChI=1S/C12H23N3/c1-3-7-15(10-11-4-5-11)8-6-12(9-13)14-2/h11-12,14H,3-8,10H2,1-2H3. The van der Waals surface area contributed by atoms with Crippen LogP contribution in [0.5, 0.6) is 0 Å². The van der Waals surface area contributed by atoms with Gasteiger partial charge in [0.1, 0.15) is 0 Å². The van der Waals surface area contributed by atoms with Gasteiger partial charge in [-0.25, -0.2) is 0 Å². The zero-order valence-electron chi connectivity index (χ0n) is 10.00. The van der Waals surface area contributed by atoms with Crippen LogP contribution >= 0.6 is 0 Å². The summed E-state index contributed by atoms with van der Waals surface area (Å²) in [5.74, 6) is 0.951. The summed E-state index contributed by atoms with van der Waals surface area (Å²) < 4.78 is 0. The Balaban J connectivity index is 2.20. The first-order chi connectivity index (χ1) is 7.30. The maximum atomic E-state index is 8.83. The van der Waals surface area contributed by atoms with E-state index in [4.69, 9.17) is 5.26 Å². The Morgan fingerprint density at radius 2 is 2.20 bits per heavy atom. The zero-order valence-corrected chi connectivity index (χ0v) is 10.00. The lowest BCUT2D eigenvalue weighted by Crippen LogP contribution is -2.33. The van der Waals surface area contributed by atoms with Crippen molar-refractivity contribution in [2.75, 3.05) is 26.7 Å². The Morgan fingerprint density at radius 3 is 2.67 bits per heavy atom. The van der Waals surface area contributed by atoms with E-state index in [9.17, 15) is 0 Å². The molecule has 1 unspecified atom stereocenters. The molecule has 1 rings (SSSR count). The zero-order chi connectivity index (χ0) is 11.1. The SMILES string of the molecule is CCCN(CCC(C#N)NC)CC1CC1. The molecule has 1 saturated carbocycles. The third-order valence-corrected chi connectivity index (χ3v) is 2.99. The summed E-state index contributed by atoms with van der Waals surface area (Å²) in [6, 6.07) is 2.30. The summed E-state index contributed by atoms with van der Waals surface area (Å²) in [4.78, 5) is 2.51. The molecule has 0 aromatic rings. The van der Waals surface area contributed by atoms with Crippen LogP contribution in [-0.2, 0) is 0 Å². The third-order valence-electron chi connectivity index (χ3n) is 2.99. The smallest absolute Gasteiger partial charge is 0.0962 e. The fraction of sp³-hybridized carbons (Fsp3) is 0.917. The number of rotatable bonds is 8. The van der Waals surface area contributed by atoms with Crippen molar-refractivity contribution >= 4 is 0 Å². The number of nitrogens with zero attached hydrogens (tertiary/aromatic N) is 2. The van der Waals surface area contributed by atoms with E-state index in [1.54, 1.807) is 0 Å². The normalized spacial score (nSPS) is 17.7. The van der Waals surface area contributed by atoms with Crippen LogP contribution in [-0.4, -0.2) is 37.6 Å². The molecule has 1 fully saturated rings. The van der Waals surface area contributed by atoms with Crippen LogP contribution in [0.15, 0.2) is 0 Å². The van der Waals surface area contributed by atoms with E-state index in [1.807, 2.05) is 7.05 Å². The Bertz CT molecular complexity index is 205. The van der Waals surface area contributed by atoms with Crippen molar-refractivity contribution in [2.24, 2.45) is 5.92 Å². The third kappa shape index (κ3) is 5.15. The lowest BCUT2D eigenvalue weighted by atomic mass is 10.2. The van der Waals surface area contributed by atoms with Crippen LogP contribution in [0, 0.1) is 17.2 Å². The van der Waals surface area contributed by atoms with Crippen LogP contribution in [0.25, 0.3) is 0 Å². The van der Waals surface area contributed by atoms with Crippen molar-refractivity contribution in [3.05, 3.63) is 0 Å². The van der Waals surface area contributed by atoms with E-state index in [0.717, 1.165) is 18.9 Å². The minimum absolute atomic E-state index is 0.0172. The maximum absolute atomic E-state index is 8.83. The minimum atomic E-state index is 0.0172. The molecule has 15 heavy (non-hydrogen) atoms. The second kappa shape index (κ2) is 6.81. The first-order valence-electron chi connectivity index (χ1n) is 6.09. The van der Waals surface area contributed by atoms with Gasteiger partial charge in [0, 0.05) is 13.1 Å². The summed E-state index contributed by atoms with van der Waals surface area (Å²) >= 11 is 0. The number of nitriles is 1. The molecule has 0 heterocycles. The van der Waals surface area contributed by atoms with Gasteiger partial charge in [-0.15, -0.1) is 0 Å². The largest absolute Gasteiger partial charge is 0.305 e. The van der Waals surface area contributed by atoms with Gasteiger partial charge >= 0.3 is 0 Å². The van der Waals surface area contributed by atoms with Gasteiger partial charge in [-0.2, -0.15) is 5.26 Å². The van der Waals surface area contributed by atoms with E-state index >= 15 is 0 Å². The predicted octanol–water partition coefficient (Wildman–Crippen LogP) is 1.61. The summed E-state index contributed by atoms with van der Waals surface area (Å²) in [5, 5.41) is 11.9. The van der Waals surface area contributed by atoms with E-state index in [1.165, 1.54) is 32.4 Å². The van der Waals surface area contributed by atoms with Crippen molar-refractivity contribution in [1.82, 2.24) is 10.2 Å². The highest BCUT2D eigenvalue weighted by Gasteiger charge is 2.24. The molecule has 1 N–H and O–H groups in total. The topological polar surface area (TPSA) is 39.1 Å². The first-order valence-corrected chi connectivity index (χ1v) is 6.09. The highest BCUT2D eigenvalue weighted by molar-refractivity contribution is 4.89. The molecule has 0 radical (unpaired) electrons. The number of hydrogen-bond acceptors (Lipinski definition) is 3. The molecule has 1 aliphatic rings. The summed E-state index contributed by atoms with van der Waals surface area (Å²) in [7, 11) is 1.86. The summed E-state index contributed by atoms with van der Waals surface area (Å²) in [6.07, 6.45) is 4.98. The Kier molecular flexibility index (Phi) is 5.67. The number of hydrogen-bond donors (Lipinski definition) is 1. The van der Waals surface area contributed by atoms with Gasteiger partial charge in [-0.05, 0) is 45.2 Å². The van der Waals surface area contributed by atoms with Crippen molar-refractivity contribution in [3.63, 3.8) is 0 Å². The molecule has 0 aromatic carbocycles. The molecule has 86 valence electrons. The molecule has 0 saturated heterocycles. The predicted molar refractivity (Wildman–Crippen MR) is 62.5 cm³/mol. The highest BCUT2D eigenvalue weighted by Crippen LogP contribution is 2.29. The molecule has 0 amide bonds. The molecule has 0 aliphatic heterocycles. The number of nitrogens with one attached hydrogen (secondary N) is 1. The molecule has 1 atom stereocenters. The Hall–Kier alpha value is -0.590. The second-order valence-electron chi connectivity index (χ2n) is 4.50. The lowest BCUT2D eigenvalue weighted by molar-refractivity contribution is 0.254. The minimum Gasteiger partial charge on any atom is -0.305 e. The van der Waals surface area contributed by atoms with Crippen LogP contribution in [0.2, 0.25) is 0 Å². The molecular formula is C12H23N3. The van der Waals surface area contributed by atoms with Crippen molar-refractivity contribution in [1.29, 1.82) is 5.26 Å². The molecule has 0 bridgehead atoms. The second-order valence-corrected chi connectivity index (χ2v) is 4.50. The van der Waals surface area contributed by atoms with E-state index in [-0.39, 0.29) is 6.04 Å². The van der Waals surface area contributed by atoms with Gasteiger partial charge in [0.2, 0.25) is 0 Å². The van der Waals surface area contributed by atoms with Crippen molar-refractivity contribution in [2.45, 2.75) is 38.6 Å². The van der Waals surface area contributed by atoms with Gasteiger partial charge in [-0.3, -0.25) is 0 Å². The fourth-order valence-corrected chi connectivity index (χ4v) is 1.86. The summed E-state index contributed by atoms with van der Waals surface area (Å²) in [6.45, 7) is 5.71. The average molecular weight is 209 g/mol. The Labute approximate surface area is 93.5 Å². The molecule has 0 aromatic heterocycles. The molecule has 3 nitrogen and oxygen atoms in total.